The minimum atomic E-state index is -4.67. The van der Waals surface area contributed by atoms with Crippen LogP contribution in [0.5, 0.6) is 0 Å². The van der Waals surface area contributed by atoms with E-state index in [1.807, 2.05) is 0 Å². The highest BCUT2D eigenvalue weighted by Crippen LogP contribution is 2.09. The zero-order valence-corrected chi connectivity index (χ0v) is 14.4. The van der Waals surface area contributed by atoms with Crippen molar-refractivity contribution in [3.63, 3.8) is 0 Å². The molecule has 0 heterocycles. The molecule has 0 spiro atoms. The minimum absolute atomic E-state index is 0.250. The molecule has 21 heavy (non-hydrogen) atoms. The van der Waals surface area contributed by atoms with E-state index >= 15 is 0 Å². The standard InChI is InChI=1S/C12H27N.C2H6O.H2O4S/c1-2-3-4-5-6-7-8-9-10-11-12-13;1-2-3;1-5(2,3)4/h2-13H2,1H3;3H,2H2,1H3;(H2,1,2,3,4). The molecule has 0 aliphatic rings. The van der Waals surface area contributed by atoms with Gasteiger partial charge in [-0.15, -0.1) is 0 Å². The second-order valence-corrected chi connectivity index (χ2v) is 5.63. The molecule has 132 valence electrons. The topological polar surface area (TPSA) is 121 Å². The molecule has 0 unspecified atom stereocenters. The quantitative estimate of drug-likeness (QED) is 0.361. The predicted molar refractivity (Wildman–Crippen MR) is 87.8 cm³/mol. The third-order valence-corrected chi connectivity index (χ3v) is 2.56. The third-order valence-electron chi connectivity index (χ3n) is 2.56. The van der Waals surface area contributed by atoms with E-state index in [0.29, 0.717) is 0 Å². The van der Waals surface area contributed by atoms with Gasteiger partial charge in [-0.05, 0) is 19.9 Å². The van der Waals surface area contributed by atoms with Gasteiger partial charge in [-0.3, -0.25) is 9.11 Å². The molecule has 6 nitrogen and oxygen atoms in total. The fourth-order valence-electron chi connectivity index (χ4n) is 1.63. The molecule has 0 atom stereocenters. The molecular formula is C14H35NO5S. The van der Waals surface area contributed by atoms with E-state index in [4.69, 9.17) is 28.4 Å². The maximum atomic E-state index is 8.74. The summed E-state index contributed by atoms with van der Waals surface area (Å²) in [6, 6.07) is 0. The van der Waals surface area contributed by atoms with Crippen molar-refractivity contribution >= 4 is 10.4 Å². The van der Waals surface area contributed by atoms with Gasteiger partial charge in [0.1, 0.15) is 0 Å². The molecule has 7 heteroatoms. The van der Waals surface area contributed by atoms with Crippen molar-refractivity contribution in [3.8, 4) is 0 Å². The summed E-state index contributed by atoms with van der Waals surface area (Å²) in [6.07, 6.45) is 13.9. The Morgan fingerprint density at radius 1 is 0.762 bits per heavy atom. The maximum Gasteiger partial charge on any atom is 0.394 e. The van der Waals surface area contributed by atoms with E-state index in [2.05, 4.69) is 6.92 Å². The normalized spacial score (nSPS) is 10.2. The fourth-order valence-corrected chi connectivity index (χ4v) is 1.63. The summed E-state index contributed by atoms with van der Waals surface area (Å²) < 4.78 is 31.6. The van der Waals surface area contributed by atoms with Crippen LogP contribution < -0.4 is 5.73 Å². The molecule has 0 radical (unpaired) electrons. The van der Waals surface area contributed by atoms with Gasteiger partial charge in [0.15, 0.2) is 0 Å². The van der Waals surface area contributed by atoms with Crippen molar-refractivity contribution in [1.82, 2.24) is 0 Å². The minimum Gasteiger partial charge on any atom is -0.397 e. The van der Waals surface area contributed by atoms with Crippen molar-refractivity contribution in [3.05, 3.63) is 0 Å². The second-order valence-electron chi connectivity index (χ2n) is 4.73. The van der Waals surface area contributed by atoms with Gasteiger partial charge < -0.3 is 10.8 Å². The Kier molecular flexibility index (Phi) is 27.0. The summed E-state index contributed by atoms with van der Waals surface area (Å²) in [5.41, 5.74) is 5.42. The average Bonchev–Trinajstić information content (AvgIpc) is 2.36. The summed E-state index contributed by atoms with van der Waals surface area (Å²) in [5.74, 6) is 0. The monoisotopic (exact) mass is 329 g/mol. The first-order valence-electron chi connectivity index (χ1n) is 7.84. The first-order chi connectivity index (χ1) is 9.83. The maximum absolute atomic E-state index is 8.74. The van der Waals surface area contributed by atoms with E-state index in [0.717, 1.165) is 6.54 Å². The summed E-state index contributed by atoms with van der Waals surface area (Å²) >= 11 is 0. The Balaban J connectivity index is -0.000000335. The van der Waals surface area contributed by atoms with Gasteiger partial charge in [-0.1, -0.05) is 64.7 Å². The lowest BCUT2D eigenvalue weighted by atomic mass is 10.1. The SMILES string of the molecule is CCCCCCCCCCCCN.CCO.O=S(=O)(O)O. The summed E-state index contributed by atoms with van der Waals surface area (Å²) in [4.78, 5) is 0. The van der Waals surface area contributed by atoms with Crippen molar-refractivity contribution in [2.75, 3.05) is 13.2 Å². The highest BCUT2D eigenvalue weighted by molar-refractivity contribution is 7.79. The summed E-state index contributed by atoms with van der Waals surface area (Å²) in [6.45, 7) is 5.07. The van der Waals surface area contributed by atoms with Crippen LogP contribution in [0.15, 0.2) is 0 Å². The van der Waals surface area contributed by atoms with Crippen molar-refractivity contribution in [2.24, 2.45) is 5.73 Å². The number of unbranched alkanes of at least 4 members (excludes halogenated alkanes) is 9. The largest absolute Gasteiger partial charge is 0.397 e. The zero-order valence-electron chi connectivity index (χ0n) is 13.6. The molecule has 0 saturated carbocycles. The van der Waals surface area contributed by atoms with Crippen LogP contribution in [-0.4, -0.2) is 35.8 Å². The van der Waals surface area contributed by atoms with Crippen LogP contribution in [0, 0.1) is 0 Å². The van der Waals surface area contributed by atoms with Gasteiger partial charge in [-0.25, -0.2) is 0 Å². The molecule has 0 fully saturated rings. The zero-order chi connectivity index (χ0) is 17.0. The van der Waals surface area contributed by atoms with E-state index in [9.17, 15) is 0 Å². The van der Waals surface area contributed by atoms with Crippen molar-refractivity contribution < 1.29 is 22.6 Å². The van der Waals surface area contributed by atoms with Gasteiger partial charge in [0, 0.05) is 6.61 Å². The molecule has 0 aromatic rings. The number of hydrogen-bond donors (Lipinski definition) is 4. The van der Waals surface area contributed by atoms with E-state index in [1.165, 1.54) is 64.2 Å². The molecule has 0 bridgehead atoms. The van der Waals surface area contributed by atoms with E-state index in [1.54, 1.807) is 6.92 Å². The van der Waals surface area contributed by atoms with Gasteiger partial charge in [-0.2, -0.15) is 8.42 Å². The molecule has 0 aliphatic carbocycles. The molecule has 0 amide bonds. The lowest BCUT2D eigenvalue weighted by Crippen LogP contribution is -1.97. The number of nitrogens with two attached hydrogens (primary N) is 1. The van der Waals surface area contributed by atoms with Crippen LogP contribution in [0.3, 0.4) is 0 Å². The Morgan fingerprint density at radius 2 is 1.00 bits per heavy atom. The summed E-state index contributed by atoms with van der Waals surface area (Å²) in [5, 5.41) is 7.57. The van der Waals surface area contributed by atoms with Crippen LogP contribution in [0.4, 0.5) is 0 Å². The molecule has 0 aliphatic heterocycles. The van der Waals surface area contributed by atoms with Crippen LogP contribution in [0.2, 0.25) is 0 Å². The van der Waals surface area contributed by atoms with Gasteiger partial charge in [0.05, 0.1) is 0 Å². The van der Waals surface area contributed by atoms with E-state index in [-0.39, 0.29) is 6.61 Å². The van der Waals surface area contributed by atoms with Crippen molar-refractivity contribution in [2.45, 2.75) is 78.1 Å². The number of aliphatic hydroxyl groups excluding tert-OH is 1. The second kappa shape index (κ2) is 22.1. The van der Waals surface area contributed by atoms with Gasteiger partial charge in [0.25, 0.3) is 0 Å². The highest BCUT2D eigenvalue weighted by Gasteiger charge is 1.91. The average molecular weight is 330 g/mol. The Labute approximate surface area is 130 Å². The molecule has 5 N–H and O–H groups in total. The first kappa shape index (κ1) is 25.7. The molecular weight excluding hydrogens is 294 g/mol. The molecule has 0 saturated heterocycles. The lowest BCUT2D eigenvalue weighted by molar-refractivity contribution is 0.318. The number of aliphatic hydroxyl groups is 1. The number of hydrogen-bond acceptors (Lipinski definition) is 4. The fraction of sp³-hybridized carbons (Fsp3) is 1.00. The molecule has 0 aromatic carbocycles. The first-order valence-corrected chi connectivity index (χ1v) is 9.23. The highest BCUT2D eigenvalue weighted by atomic mass is 32.3. The van der Waals surface area contributed by atoms with Gasteiger partial charge >= 0.3 is 10.4 Å². The van der Waals surface area contributed by atoms with Crippen LogP contribution in [0.1, 0.15) is 78.1 Å². The summed E-state index contributed by atoms with van der Waals surface area (Å²) in [7, 11) is -4.67. The molecule has 0 rings (SSSR count). The Bertz CT molecular complexity index is 240. The smallest absolute Gasteiger partial charge is 0.394 e. The predicted octanol–water partition coefficient (Wildman–Crippen LogP) is 3.21. The van der Waals surface area contributed by atoms with Crippen LogP contribution in [0.25, 0.3) is 0 Å². The lowest BCUT2D eigenvalue weighted by Gasteiger charge is -2.00. The van der Waals surface area contributed by atoms with Crippen LogP contribution in [-0.2, 0) is 10.4 Å². The Hall–Kier alpha value is -0.210. The molecule has 0 aromatic heterocycles. The third kappa shape index (κ3) is 65.3. The van der Waals surface area contributed by atoms with Crippen molar-refractivity contribution in [1.29, 1.82) is 0 Å². The van der Waals surface area contributed by atoms with Gasteiger partial charge in [0.2, 0.25) is 0 Å². The Morgan fingerprint density at radius 3 is 1.24 bits per heavy atom. The van der Waals surface area contributed by atoms with Crippen LogP contribution >= 0.6 is 0 Å². The number of rotatable bonds is 10. The van der Waals surface area contributed by atoms with E-state index < -0.39 is 10.4 Å².